The van der Waals surface area contributed by atoms with Crippen molar-refractivity contribution in [3.8, 4) is 0 Å². The fourth-order valence-corrected chi connectivity index (χ4v) is 0.340. The van der Waals surface area contributed by atoms with Gasteiger partial charge in [-0.3, -0.25) is 6.08 Å². The van der Waals surface area contributed by atoms with E-state index in [1.807, 2.05) is 12.2 Å². The third-order valence-electron chi connectivity index (χ3n) is 0.586. The van der Waals surface area contributed by atoms with E-state index in [-0.39, 0.29) is 52.4 Å². The Balaban J connectivity index is -0.0000000312. The first-order valence-electron chi connectivity index (χ1n) is 1.72. The minimum atomic E-state index is 0. The molecule has 0 radical (unpaired) electrons. The molecule has 3 heteroatoms. The van der Waals surface area contributed by atoms with Crippen molar-refractivity contribution in [1.29, 1.82) is 0 Å². The fraction of sp³-hybridized carbons (Fsp3) is 0.200. The summed E-state index contributed by atoms with van der Waals surface area (Å²) in [6.07, 6.45) is 10.0. The Bertz CT molecular complexity index is 73.0. The second kappa shape index (κ2) is 10.8. The number of rotatable bonds is 0. The number of allylic oxidation sites excluding steroid dienone is 4. The van der Waals surface area contributed by atoms with Gasteiger partial charge in [0.25, 0.3) is 0 Å². The van der Waals surface area contributed by atoms with Crippen LogP contribution in [0.15, 0.2) is 18.2 Å². The molecule has 0 aromatic rings. The van der Waals surface area contributed by atoms with Crippen LogP contribution in [-0.2, 0) is 26.2 Å². The van der Waals surface area contributed by atoms with Crippen molar-refractivity contribution in [3.05, 3.63) is 24.3 Å². The van der Waals surface area contributed by atoms with Gasteiger partial charge in [-0.15, -0.1) is 6.42 Å². The first kappa shape index (κ1) is 16.0. The predicted octanol–water partition coefficient (Wildman–Crippen LogP) is -4.58. The van der Waals surface area contributed by atoms with E-state index in [2.05, 4.69) is 12.2 Å². The van der Waals surface area contributed by atoms with Crippen LogP contribution in [0.5, 0.6) is 0 Å². The van der Waals surface area contributed by atoms with Gasteiger partial charge in [0.15, 0.2) is 0 Å². The Hall–Kier alpha value is 0.943. The topological polar surface area (TPSA) is 0 Å². The zero-order valence-corrected chi connectivity index (χ0v) is 8.16. The largest absolute Gasteiger partial charge is 4.00 e. The van der Waals surface area contributed by atoms with Gasteiger partial charge in [-0.2, -0.15) is 6.08 Å². The maximum atomic E-state index is 2.99. The maximum Gasteiger partial charge on any atom is 4.00 e. The summed E-state index contributed by atoms with van der Waals surface area (Å²) in [6, 6.07) is 0. The molecule has 0 aromatic carbocycles. The molecule has 0 fully saturated rings. The van der Waals surface area contributed by atoms with Crippen LogP contribution in [0.1, 0.15) is 7.85 Å². The summed E-state index contributed by atoms with van der Waals surface area (Å²) < 4.78 is 0. The third kappa shape index (κ3) is 6.94. The Kier molecular flexibility index (Phi) is 21.6. The standard InChI is InChI=1S/C5H5.2ClH.Zr.H/c1-2-4-5-3-1;;;;/h1-3H,4H2;2*1H;;/q-1;;;+4;-1/p-2. The summed E-state index contributed by atoms with van der Waals surface area (Å²) >= 11 is 0. The smallest absolute Gasteiger partial charge is 1.00 e. The van der Waals surface area contributed by atoms with E-state index < -0.39 is 0 Å². The van der Waals surface area contributed by atoms with Crippen LogP contribution < -0.4 is 24.8 Å². The molecule has 1 aliphatic rings. The first-order chi connectivity index (χ1) is 2.50. The molecule has 0 aromatic heterocycles. The first-order valence-corrected chi connectivity index (χ1v) is 1.72. The van der Waals surface area contributed by atoms with Crippen molar-refractivity contribution in [2.24, 2.45) is 0 Å². The van der Waals surface area contributed by atoms with Gasteiger partial charge in [-0.05, 0) is 0 Å². The van der Waals surface area contributed by atoms with Crippen LogP contribution in [-0.4, -0.2) is 0 Å². The van der Waals surface area contributed by atoms with Crippen LogP contribution in [0, 0.1) is 6.08 Å². The Morgan fingerprint density at radius 1 is 1.38 bits per heavy atom. The van der Waals surface area contributed by atoms with Crippen molar-refractivity contribution >= 4 is 0 Å². The van der Waals surface area contributed by atoms with Gasteiger partial charge >= 0.3 is 26.2 Å². The van der Waals surface area contributed by atoms with E-state index in [1.54, 1.807) is 0 Å². The van der Waals surface area contributed by atoms with E-state index in [0.29, 0.717) is 0 Å². The van der Waals surface area contributed by atoms with E-state index >= 15 is 0 Å². The van der Waals surface area contributed by atoms with E-state index in [9.17, 15) is 0 Å². The summed E-state index contributed by atoms with van der Waals surface area (Å²) in [4.78, 5) is 0. The molecule has 0 amide bonds. The number of hydrogen-bond acceptors (Lipinski definition) is 0. The zero-order valence-electron chi connectivity index (χ0n) is 5.20. The molecule has 0 N–H and O–H groups in total. The minimum Gasteiger partial charge on any atom is -1.00 e. The molecule has 0 bridgehead atoms. The van der Waals surface area contributed by atoms with Gasteiger partial charge in [-0.1, -0.05) is 0 Å². The summed E-state index contributed by atoms with van der Waals surface area (Å²) in [5.74, 6) is 0. The van der Waals surface area contributed by atoms with Crippen molar-refractivity contribution in [2.45, 2.75) is 6.42 Å². The molecule has 0 spiro atoms. The monoisotopic (exact) mass is 226 g/mol. The molecular formula is C5H6Cl2Zr. The molecule has 0 aliphatic heterocycles. The van der Waals surface area contributed by atoms with Gasteiger partial charge in [0.05, 0.1) is 0 Å². The van der Waals surface area contributed by atoms with Crippen molar-refractivity contribution in [1.82, 2.24) is 0 Å². The van der Waals surface area contributed by atoms with Gasteiger partial charge in [0.2, 0.25) is 0 Å². The molecule has 0 atom stereocenters. The molecule has 44 valence electrons. The average molecular weight is 228 g/mol. The molecule has 0 heterocycles. The minimum absolute atomic E-state index is 0. The normalized spacial score (nSPS) is 11.0. The SMILES string of the molecule is [C-]1=CC=CC1.[Cl-].[Cl-].[H-].[Zr+4]. The number of halogens is 2. The van der Waals surface area contributed by atoms with Crippen LogP contribution in [0.4, 0.5) is 0 Å². The summed E-state index contributed by atoms with van der Waals surface area (Å²) in [5, 5.41) is 0. The van der Waals surface area contributed by atoms with Gasteiger partial charge in [0, 0.05) is 0 Å². The third-order valence-corrected chi connectivity index (χ3v) is 0.586. The van der Waals surface area contributed by atoms with Crippen LogP contribution in [0.2, 0.25) is 0 Å². The number of hydrogen-bond donors (Lipinski definition) is 0. The van der Waals surface area contributed by atoms with E-state index in [0.717, 1.165) is 6.42 Å². The molecule has 0 unspecified atom stereocenters. The average Bonchev–Trinajstić information content (AvgIpc) is 1.76. The second-order valence-corrected chi connectivity index (χ2v) is 1.00. The van der Waals surface area contributed by atoms with Crippen molar-refractivity contribution in [3.63, 3.8) is 0 Å². The van der Waals surface area contributed by atoms with Crippen LogP contribution >= 0.6 is 0 Å². The van der Waals surface area contributed by atoms with Gasteiger partial charge < -0.3 is 26.2 Å². The van der Waals surface area contributed by atoms with Crippen LogP contribution in [0.25, 0.3) is 0 Å². The quantitative estimate of drug-likeness (QED) is 0.366. The molecular weight excluding hydrogens is 222 g/mol. The van der Waals surface area contributed by atoms with Crippen molar-refractivity contribution in [2.75, 3.05) is 0 Å². The zero-order chi connectivity index (χ0) is 3.54. The molecule has 1 rings (SSSR count). The molecule has 0 saturated heterocycles. The predicted molar refractivity (Wildman–Crippen MR) is 22.7 cm³/mol. The van der Waals surface area contributed by atoms with Gasteiger partial charge in [0.1, 0.15) is 0 Å². The fourth-order valence-electron chi connectivity index (χ4n) is 0.340. The Labute approximate surface area is 82.9 Å². The second-order valence-electron chi connectivity index (χ2n) is 1.00. The molecule has 1 aliphatic carbocycles. The van der Waals surface area contributed by atoms with Crippen LogP contribution in [0.3, 0.4) is 0 Å². The Morgan fingerprint density at radius 3 is 2.12 bits per heavy atom. The summed E-state index contributed by atoms with van der Waals surface area (Å²) in [5.41, 5.74) is 0. The maximum absolute atomic E-state index is 2.99. The molecule has 0 saturated carbocycles. The summed E-state index contributed by atoms with van der Waals surface area (Å²) in [7, 11) is 0. The van der Waals surface area contributed by atoms with E-state index in [1.165, 1.54) is 0 Å². The molecule has 8 heavy (non-hydrogen) atoms. The summed E-state index contributed by atoms with van der Waals surface area (Å²) in [6.45, 7) is 0. The molecule has 0 nitrogen and oxygen atoms in total. The van der Waals surface area contributed by atoms with Gasteiger partial charge in [-0.25, -0.2) is 12.2 Å². The van der Waals surface area contributed by atoms with Crippen molar-refractivity contribution < 1.29 is 52.4 Å². The van der Waals surface area contributed by atoms with E-state index in [4.69, 9.17) is 0 Å². The Morgan fingerprint density at radius 2 is 2.00 bits per heavy atom.